The summed E-state index contributed by atoms with van der Waals surface area (Å²) in [5.74, 6) is 1.54. The van der Waals surface area contributed by atoms with E-state index in [2.05, 4.69) is 30.8 Å². The zero-order valence-corrected chi connectivity index (χ0v) is 23.7. The molecule has 1 aliphatic rings. The molecule has 39 heavy (non-hydrogen) atoms. The molecule has 2 aromatic heterocycles. The van der Waals surface area contributed by atoms with Crippen molar-refractivity contribution >= 4 is 45.7 Å². The molecule has 4 aromatic rings. The van der Waals surface area contributed by atoms with E-state index in [0.29, 0.717) is 41.4 Å². The summed E-state index contributed by atoms with van der Waals surface area (Å²) in [6, 6.07) is 9.56. The Balaban J connectivity index is 0.00000172. The fourth-order valence-corrected chi connectivity index (χ4v) is 4.41. The molecule has 0 unspecified atom stereocenters. The molecule has 0 aliphatic carbocycles. The van der Waals surface area contributed by atoms with Crippen LogP contribution in [0, 0.1) is 0 Å². The monoisotopic (exact) mass is 554 g/mol. The first kappa shape index (κ1) is 28.2. The minimum Gasteiger partial charge on any atom is -0.482 e. The number of benzene rings is 2. The number of amides is 1. The predicted octanol–water partition coefficient (Wildman–Crippen LogP) is 4.52. The lowest BCUT2D eigenvalue weighted by Gasteiger charge is -2.30. The average molecular weight is 555 g/mol. The summed E-state index contributed by atoms with van der Waals surface area (Å²) < 4.78 is 13.1. The van der Waals surface area contributed by atoms with Gasteiger partial charge in [0.2, 0.25) is 5.95 Å². The minimum atomic E-state index is -0.165. The van der Waals surface area contributed by atoms with Crippen molar-refractivity contribution in [2.24, 2.45) is 7.05 Å². The molecule has 0 saturated carbocycles. The lowest BCUT2D eigenvalue weighted by atomic mass is 10.1. The van der Waals surface area contributed by atoms with Crippen LogP contribution in [0.5, 0.6) is 5.75 Å². The van der Waals surface area contributed by atoms with Gasteiger partial charge in [-0.3, -0.25) is 9.89 Å². The summed E-state index contributed by atoms with van der Waals surface area (Å²) in [5, 5.41) is 19.1. The van der Waals surface area contributed by atoms with Crippen molar-refractivity contribution in [2.45, 2.75) is 33.7 Å². The molecule has 3 N–H and O–H groups in total. The second-order valence-corrected chi connectivity index (χ2v) is 9.44. The van der Waals surface area contributed by atoms with Gasteiger partial charge in [-0.15, -0.1) is 5.10 Å². The molecule has 1 saturated heterocycles. The molecule has 1 fully saturated rings. The normalized spacial score (nSPS) is 13.3. The summed E-state index contributed by atoms with van der Waals surface area (Å²) in [5.41, 5.74) is 3.25. The van der Waals surface area contributed by atoms with Crippen LogP contribution in [0.3, 0.4) is 0 Å². The van der Waals surface area contributed by atoms with Crippen molar-refractivity contribution in [1.82, 2.24) is 30.3 Å². The Morgan fingerprint density at radius 2 is 1.97 bits per heavy atom. The molecule has 11 nitrogen and oxygen atoms in total. The zero-order chi connectivity index (χ0) is 27.9. The molecule has 208 valence electrons. The summed E-state index contributed by atoms with van der Waals surface area (Å²) in [6.07, 6.45) is 1.69. The van der Waals surface area contributed by atoms with Gasteiger partial charge in [0.1, 0.15) is 5.75 Å². The maximum atomic E-state index is 12.2. The number of aryl methyl sites for hydroxylation is 1. The molecule has 3 heterocycles. The lowest BCUT2D eigenvalue weighted by molar-refractivity contribution is -0.123. The van der Waals surface area contributed by atoms with Crippen molar-refractivity contribution in [3.8, 4) is 17.1 Å². The van der Waals surface area contributed by atoms with Crippen LogP contribution in [0.15, 0.2) is 36.5 Å². The Morgan fingerprint density at radius 1 is 1.21 bits per heavy atom. The van der Waals surface area contributed by atoms with E-state index in [0.717, 1.165) is 35.2 Å². The second-order valence-electron chi connectivity index (χ2n) is 9.06. The van der Waals surface area contributed by atoms with E-state index >= 15 is 0 Å². The van der Waals surface area contributed by atoms with Gasteiger partial charge in [-0.1, -0.05) is 25.4 Å². The fourth-order valence-electron chi connectivity index (χ4n) is 4.15. The van der Waals surface area contributed by atoms with Gasteiger partial charge in [0, 0.05) is 37.1 Å². The van der Waals surface area contributed by atoms with Gasteiger partial charge in [0.25, 0.3) is 5.91 Å². The number of hydrogen-bond donors (Lipinski definition) is 3. The molecule has 1 amide bonds. The van der Waals surface area contributed by atoms with Crippen LogP contribution in [0.4, 0.5) is 17.3 Å². The van der Waals surface area contributed by atoms with Crippen molar-refractivity contribution in [1.29, 1.82) is 0 Å². The van der Waals surface area contributed by atoms with Crippen LogP contribution in [-0.4, -0.2) is 69.8 Å². The number of halogens is 1. The first-order valence-corrected chi connectivity index (χ1v) is 13.5. The zero-order valence-electron chi connectivity index (χ0n) is 22.9. The molecule has 0 spiro atoms. The van der Waals surface area contributed by atoms with Crippen LogP contribution >= 0.6 is 11.6 Å². The number of aromatic amines is 1. The highest BCUT2D eigenvalue weighted by Crippen LogP contribution is 2.35. The molecule has 0 atom stereocenters. The summed E-state index contributed by atoms with van der Waals surface area (Å²) >= 11 is 6.57. The van der Waals surface area contributed by atoms with Gasteiger partial charge in [0.15, 0.2) is 12.4 Å². The number of nitrogens with zero attached hydrogens (tertiary/aromatic N) is 5. The third-order valence-corrected chi connectivity index (χ3v) is 6.35. The summed E-state index contributed by atoms with van der Waals surface area (Å²) in [7, 11) is 1.82. The minimum absolute atomic E-state index is 0.0479. The van der Waals surface area contributed by atoms with Gasteiger partial charge in [-0.25, -0.2) is 4.68 Å². The van der Waals surface area contributed by atoms with Crippen molar-refractivity contribution in [3.05, 3.63) is 41.6 Å². The number of ether oxygens (including phenoxy) is 2. The van der Waals surface area contributed by atoms with E-state index in [1.165, 1.54) is 0 Å². The van der Waals surface area contributed by atoms with Gasteiger partial charge < -0.3 is 25.0 Å². The van der Waals surface area contributed by atoms with Crippen molar-refractivity contribution in [3.63, 3.8) is 0 Å². The van der Waals surface area contributed by atoms with Gasteiger partial charge in [-0.05, 0) is 44.2 Å². The smallest absolute Gasteiger partial charge is 0.258 e. The molecular formula is C27H35ClN8O3. The van der Waals surface area contributed by atoms with E-state index in [4.69, 9.17) is 26.1 Å². The van der Waals surface area contributed by atoms with Crippen LogP contribution < -0.4 is 20.3 Å². The number of nitrogens with one attached hydrogen (secondary N) is 3. The molecule has 0 radical (unpaired) electrons. The number of anilines is 3. The number of rotatable bonds is 8. The lowest BCUT2D eigenvalue weighted by Crippen LogP contribution is -2.37. The predicted molar refractivity (Wildman–Crippen MR) is 154 cm³/mol. The average Bonchev–Trinajstić information content (AvgIpc) is 3.57. The van der Waals surface area contributed by atoms with E-state index in [-0.39, 0.29) is 18.6 Å². The van der Waals surface area contributed by atoms with Crippen LogP contribution in [0.2, 0.25) is 5.02 Å². The Kier molecular flexibility index (Phi) is 9.26. The standard InChI is InChI=1S/C25H29ClN8O3.C2H6/c1-15(2)28-22(35)14-37-21-7-4-16(12-20(21)34-8-10-36-11-9-34)24-30-25(33(3)32-24)29-19-6-5-18-17(23(19)26)13-27-31-18;1-2/h4-7,12-13,15H,8-11,14H2,1-3H3,(H,27,31)(H,28,35)(H,29,30,32);1-2H3. The number of morpholine rings is 1. The first-order chi connectivity index (χ1) is 18.9. The first-order valence-electron chi connectivity index (χ1n) is 13.1. The number of H-pyrrole nitrogens is 1. The third kappa shape index (κ3) is 6.61. The number of carbonyl (C=O) groups is 1. The number of carbonyl (C=O) groups excluding carboxylic acids is 1. The van der Waals surface area contributed by atoms with Crippen LogP contribution in [0.1, 0.15) is 27.7 Å². The third-order valence-electron chi connectivity index (χ3n) is 5.95. The Labute approximate surface area is 232 Å². The molecule has 1 aliphatic heterocycles. The van der Waals surface area contributed by atoms with Crippen LogP contribution in [0.25, 0.3) is 22.3 Å². The topological polar surface area (TPSA) is 122 Å². The summed E-state index contributed by atoms with van der Waals surface area (Å²) in [6.45, 7) is 10.4. The van der Waals surface area contributed by atoms with E-state index in [9.17, 15) is 4.79 Å². The molecule has 0 bridgehead atoms. The maximum Gasteiger partial charge on any atom is 0.258 e. The van der Waals surface area contributed by atoms with Gasteiger partial charge >= 0.3 is 0 Å². The van der Waals surface area contributed by atoms with Gasteiger partial charge in [-0.2, -0.15) is 10.1 Å². The highest BCUT2D eigenvalue weighted by atomic mass is 35.5. The number of aromatic nitrogens is 5. The quantitative estimate of drug-likeness (QED) is 0.290. The maximum absolute atomic E-state index is 12.2. The fraction of sp³-hybridized carbons (Fsp3) is 0.407. The molecular weight excluding hydrogens is 520 g/mol. The SMILES string of the molecule is CC.CC(C)NC(=O)COc1ccc(-c2nc(Nc3ccc4[nH]ncc4c3Cl)n(C)n2)cc1N1CCOCC1. The number of fused-ring (bicyclic) bond motifs is 1. The highest BCUT2D eigenvalue weighted by molar-refractivity contribution is 6.38. The second kappa shape index (κ2) is 12.8. The Bertz CT molecular complexity index is 1410. The summed E-state index contributed by atoms with van der Waals surface area (Å²) in [4.78, 5) is 19.1. The van der Waals surface area contributed by atoms with Crippen molar-refractivity contribution in [2.75, 3.05) is 43.1 Å². The van der Waals surface area contributed by atoms with Crippen molar-refractivity contribution < 1.29 is 14.3 Å². The van der Waals surface area contributed by atoms with Gasteiger partial charge in [0.05, 0.1) is 41.3 Å². The molecule has 12 heteroatoms. The largest absolute Gasteiger partial charge is 0.482 e. The highest BCUT2D eigenvalue weighted by Gasteiger charge is 2.20. The number of hydrogen-bond acceptors (Lipinski definition) is 8. The van der Waals surface area contributed by atoms with E-state index < -0.39 is 0 Å². The Morgan fingerprint density at radius 3 is 2.72 bits per heavy atom. The Hall–Kier alpha value is -3.83. The molecule has 5 rings (SSSR count). The molecule has 2 aromatic carbocycles. The van der Waals surface area contributed by atoms with Crippen LogP contribution in [-0.2, 0) is 16.6 Å². The van der Waals surface area contributed by atoms with E-state index in [1.807, 2.05) is 65.1 Å². The van der Waals surface area contributed by atoms with E-state index in [1.54, 1.807) is 10.9 Å².